The molecule has 1 aromatic carbocycles. The highest BCUT2D eigenvalue weighted by Gasteiger charge is 2.31. The van der Waals surface area contributed by atoms with E-state index in [2.05, 4.69) is 18.0 Å². The molecule has 4 rings (SSSR count). The Bertz CT molecular complexity index is 726. The zero-order valence-corrected chi connectivity index (χ0v) is 16.0. The standard InChI is InChI=1S/C21H27NO5/c1-22-11-3-5-14-13-15(27-21(23)19-6-4-12-25-19)7-8-16-17(22)9-10-18(24-2)20(16)26-14/h7-10,14-15,19H,3-6,11-13H2,1-2H3/b8-7-/t14-,15+,19?/m1/s1. The van der Waals surface area contributed by atoms with Crippen molar-refractivity contribution in [3.05, 3.63) is 23.8 Å². The van der Waals surface area contributed by atoms with Gasteiger partial charge in [-0.2, -0.15) is 0 Å². The Balaban J connectivity index is 1.66. The van der Waals surface area contributed by atoms with Gasteiger partial charge < -0.3 is 23.8 Å². The molecule has 0 radical (unpaired) electrons. The summed E-state index contributed by atoms with van der Waals surface area (Å²) in [7, 11) is 3.75. The number of benzene rings is 1. The lowest BCUT2D eigenvalue weighted by Gasteiger charge is -2.27. The fourth-order valence-corrected chi connectivity index (χ4v) is 4.03. The molecule has 0 amide bonds. The maximum atomic E-state index is 12.4. The average molecular weight is 373 g/mol. The molecule has 0 saturated carbocycles. The molecule has 0 N–H and O–H groups in total. The summed E-state index contributed by atoms with van der Waals surface area (Å²) in [6.45, 7) is 1.59. The molecule has 3 aliphatic heterocycles. The van der Waals surface area contributed by atoms with Gasteiger partial charge in [0, 0.05) is 37.9 Å². The number of rotatable bonds is 3. The zero-order chi connectivity index (χ0) is 18.8. The van der Waals surface area contributed by atoms with Crippen molar-refractivity contribution >= 4 is 17.7 Å². The Morgan fingerprint density at radius 1 is 1.26 bits per heavy atom. The van der Waals surface area contributed by atoms with Crippen molar-refractivity contribution in [1.29, 1.82) is 0 Å². The molecule has 0 aromatic heterocycles. The van der Waals surface area contributed by atoms with Crippen molar-refractivity contribution in [3.63, 3.8) is 0 Å². The van der Waals surface area contributed by atoms with Crippen LogP contribution in [0, 0.1) is 0 Å². The molecule has 3 heterocycles. The molecule has 0 aliphatic carbocycles. The fourth-order valence-electron chi connectivity index (χ4n) is 4.03. The molecule has 1 saturated heterocycles. The number of nitrogens with zero attached hydrogens (tertiary/aromatic N) is 1. The first-order valence-corrected chi connectivity index (χ1v) is 9.75. The second-order valence-electron chi connectivity index (χ2n) is 7.41. The van der Waals surface area contributed by atoms with Gasteiger partial charge in [0.1, 0.15) is 12.2 Å². The highest BCUT2D eigenvalue weighted by atomic mass is 16.6. The number of carbonyl (C=O) groups is 1. The van der Waals surface area contributed by atoms with Crippen molar-refractivity contribution in [3.8, 4) is 11.5 Å². The second kappa shape index (κ2) is 7.80. The topological polar surface area (TPSA) is 57.2 Å². The lowest BCUT2D eigenvalue weighted by molar-refractivity contribution is -0.158. The van der Waals surface area contributed by atoms with Crippen LogP contribution < -0.4 is 14.4 Å². The van der Waals surface area contributed by atoms with Crippen LogP contribution in [0.4, 0.5) is 5.69 Å². The Labute approximate surface area is 160 Å². The van der Waals surface area contributed by atoms with E-state index in [4.69, 9.17) is 18.9 Å². The fraction of sp³-hybridized carbons (Fsp3) is 0.571. The minimum atomic E-state index is -0.423. The van der Waals surface area contributed by atoms with Crippen LogP contribution in [0.5, 0.6) is 11.5 Å². The van der Waals surface area contributed by atoms with E-state index in [0.29, 0.717) is 13.0 Å². The monoisotopic (exact) mass is 373 g/mol. The van der Waals surface area contributed by atoms with E-state index in [1.54, 1.807) is 7.11 Å². The number of anilines is 1. The molecule has 146 valence electrons. The second-order valence-corrected chi connectivity index (χ2v) is 7.41. The Morgan fingerprint density at radius 3 is 2.93 bits per heavy atom. The molecule has 1 aromatic rings. The molecule has 6 heteroatoms. The molecule has 0 spiro atoms. The SMILES string of the molecule is COc1ccc2c3c1O[C@H](CCCN2C)C[C@@H](OC(=O)C1CCCO1)/C=C\3. The molecule has 6 nitrogen and oxygen atoms in total. The van der Waals surface area contributed by atoms with Crippen molar-refractivity contribution in [2.24, 2.45) is 0 Å². The van der Waals surface area contributed by atoms with Gasteiger partial charge in [0.25, 0.3) is 0 Å². The summed E-state index contributed by atoms with van der Waals surface area (Å²) >= 11 is 0. The molecular formula is C21H27NO5. The van der Waals surface area contributed by atoms with Crippen LogP contribution in [0.2, 0.25) is 0 Å². The summed E-state index contributed by atoms with van der Waals surface area (Å²) in [5.41, 5.74) is 2.07. The van der Waals surface area contributed by atoms with E-state index in [9.17, 15) is 4.79 Å². The number of hydrogen-bond donors (Lipinski definition) is 0. The largest absolute Gasteiger partial charge is 0.493 e. The van der Waals surface area contributed by atoms with E-state index < -0.39 is 6.10 Å². The lowest BCUT2D eigenvalue weighted by Crippen LogP contribution is -2.31. The predicted molar refractivity (Wildman–Crippen MR) is 102 cm³/mol. The van der Waals surface area contributed by atoms with Gasteiger partial charge in [0.05, 0.1) is 7.11 Å². The first kappa shape index (κ1) is 18.2. The van der Waals surface area contributed by atoms with Crippen molar-refractivity contribution in [1.82, 2.24) is 0 Å². The summed E-state index contributed by atoms with van der Waals surface area (Å²) in [4.78, 5) is 14.6. The van der Waals surface area contributed by atoms with E-state index in [0.717, 1.165) is 55.0 Å². The van der Waals surface area contributed by atoms with Gasteiger partial charge >= 0.3 is 5.97 Å². The minimum Gasteiger partial charge on any atom is -0.493 e. The van der Waals surface area contributed by atoms with E-state index in [-0.39, 0.29) is 18.2 Å². The molecule has 27 heavy (non-hydrogen) atoms. The first-order chi connectivity index (χ1) is 13.2. The van der Waals surface area contributed by atoms with Crippen LogP contribution in [0.1, 0.15) is 37.7 Å². The summed E-state index contributed by atoms with van der Waals surface area (Å²) in [6.07, 6.45) is 7.38. The predicted octanol–water partition coefficient (Wildman–Crippen LogP) is 3.18. The summed E-state index contributed by atoms with van der Waals surface area (Å²) in [5, 5.41) is 0. The number of hydrogen-bond acceptors (Lipinski definition) is 6. The molecule has 1 unspecified atom stereocenters. The van der Waals surface area contributed by atoms with Gasteiger partial charge in [0.15, 0.2) is 17.6 Å². The summed E-state index contributed by atoms with van der Waals surface area (Å²) < 4.78 is 23.2. The van der Waals surface area contributed by atoms with Gasteiger partial charge in [0.2, 0.25) is 0 Å². The number of ether oxygens (including phenoxy) is 4. The van der Waals surface area contributed by atoms with Crippen LogP contribution >= 0.6 is 0 Å². The third-order valence-corrected chi connectivity index (χ3v) is 5.51. The van der Waals surface area contributed by atoms with Gasteiger partial charge in [-0.3, -0.25) is 0 Å². The first-order valence-electron chi connectivity index (χ1n) is 9.75. The highest BCUT2D eigenvalue weighted by Crippen LogP contribution is 2.42. The van der Waals surface area contributed by atoms with Crippen molar-refractivity contribution in [2.75, 3.05) is 32.2 Å². The van der Waals surface area contributed by atoms with Gasteiger partial charge in [-0.25, -0.2) is 4.79 Å². The summed E-state index contributed by atoms with van der Waals surface area (Å²) in [5.74, 6) is 1.24. The summed E-state index contributed by atoms with van der Waals surface area (Å²) in [6, 6.07) is 4.01. The number of fused-ring (bicyclic) bond motifs is 1. The van der Waals surface area contributed by atoms with Crippen LogP contribution in [0.3, 0.4) is 0 Å². The van der Waals surface area contributed by atoms with E-state index in [1.807, 2.05) is 18.2 Å². The Hall–Kier alpha value is -2.21. The molecule has 1 fully saturated rings. The van der Waals surface area contributed by atoms with Crippen LogP contribution in [-0.2, 0) is 14.3 Å². The maximum absolute atomic E-state index is 12.4. The van der Waals surface area contributed by atoms with E-state index >= 15 is 0 Å². The van der Waals surface area contributed by atoms with Gasteiger partial charge in [-0.1, -0.05) is 0 Å². The van der Waals surface area contributed by atoms with Gasteiger partial charge in [-0.05, 0) is 50.0 Å². The maximum Gasteiger partial charge on any atom is 0.335 e. The van der Waals surface area contributed by atoms with Crippen molar-refractivity contribution < 1.29 is 23.7 Å². The number of esters is 1. The molecule has 3 aliphatic rings. The average Bonchev–Trinajstić information content (AvgIpc) is 3.18. The Morgan fingerprint density at radius 2 is 2.15 bits per heavy atom. The van der Waals surface area contributed by atoms with Crippen molar-refractivity contribution in [2.45, 2.75) is 50.4 Å². The molecule has 4 bridgehead atoms. The van der Waals surface area contributed by atoms with E-state index in [1.165, 1.54) is 0 Å². The molecule has 3 atom stereocenters. The number of methoxy groups -OCH3 is 1. The van der Waals surface area contributed by atoms with Crippen LogP contribution in [-0.4, -0.2) is 51.6 Å². The van der Waals surface area contributed by atoms with Gasteiger partial charge in [-0.15, -0.1) is 0 Å². The Kier molecular flexibility index (Phi) is 5.25. The smallest absolute Gasteiger partial charge is 0.335 e. The lowest BCUT2D eigenvalue weighted by atomic mass is 10.0. The quantitative estimate of drug-likeness (QED) is 0.759. The zero-order valence-electron chi connectivity index (χ0n) is 16.0. The third-order valence-electron chi connectivity index (χ3n) is 5.51. The van der Waals surface area contributed by atoms with Crippen LogP contribution in [0.25, 0.3) is 6.08 Å². The number of carbonyl (C=O) groups excluding carboxylic acids is 1. The van der Waals surface area contributed by atoms with Crippen LogP contribution in [0.15, 0.2) is 18.2 Å². The molecular weight excluding hydrogens is 346 g/mol. The third kappa shape index (κ3) is 3.76. The highest BCUT2D eigenvalue weighted by molar-refractivity contribution is 5.78. The normalized spacial score (nSPS) is 28.2. The minimum absolute atomic E-state index is 0.0355.